The molecule has 0 saturated heterocycles. The molecule has 0 unspecified atom stereocenters. The Morgan fingerprint density at radius 2 is 2.07 bits per heavy atom. The molecule has 0 fully saturated rings. The first-order valence-electron chi connectivity index (χ1n) is 3.56. The molecule has 0 bridgehead atoms. The van der Waals surface area contributed by atoms with Gasteiger partial charge in [0.05, 0.1) is 6.07 Å². The molecule has 76 valence electrons. The van der Waals surface area contributed by atoms with E-state index >= 15 is 0 Å². The molecule has 1 aromatic heterocycles. The molecule has 0 amide bonds. The Kier molecular flexibility index (Phi) is 5.81. The minimum absolute atomic E-state index is 0. The van der Waals surface area contributed by atoms with Gasteiger partial charge in [-0.3, -0.25) is 4.79 Å². The van der Waals surface area contributed by atoms with Gasteiger partial charge in [0.25, 0.3) is 5.56 Å². The minimum Gasteiger partial charge on any atom is -0.493 e. The van der Waals surface area contributed by atoms with E-state index in [1.807, 2.05) is 4.98 Å². The van der Waals surface area contributed by atoms with Crippen molar-refractivity contribution < 1.29 is 69.4 Å². The molecule has 1 aromatic rings. The van der Waals surface area contributed by atoms with Gasteiger partial charge >= 0.3 is 58.4 Å². The Labute approximate surface area is 125 Å². The first-order chi connectivity index (χ1) is 6.37. The van der Waals surface area contributed by atoms with Crippen LogP contribution >= 0.6 is 0 Å². The molecule has 0 aliphatic rings. The minimum atomic E-state index is -5.07. The smallest absolute Gasteiger partial charge is 0.493 e. The molecular formula is C6H5BF3KN2O2. The van der Waals surface area contributed by atoms with Crippen LogP contribution in [0.15, 0.2) is 16.8 Å². The summed E-state index contributed by atoms with van der Waals surface area (Å²) in [5, 5.41) is 8.78. The summed E-state index contributed by atoms with van der Waals surface area (Å²) in [7, 11) is 0. The van der Waals surface area contributed by atoms with Gasteiger partial charge in [-0.2, -0.15) is 4.98 Å². The van der Waals surface area contributed by atoms with Gasteiger partial charge in [0.15, 0.2) is 0 Å². The fourth-order valence-corrected chi connectivity index (χ4v) is 0.742. The summed E-state index contributed by atoms with van der Waals surface area (Å²) >= 11 is 0. The summed E-state index contributed by atoms with van der Waals surface area (Å²) in [6.07, 6.45) is 0.584. The molecule has 0 aromatic carbocycles. The van der Waals surface area contributed by atoms with Gasteiger partial charge in [0.1, 0.15) is 5.82 Å². The molecule has 4 nitrogen and oxygen atoms in total. The standard InChI is InChI=1S/C6H5BF3N2O2.K/c8-7(9,10)2-1-4-11-5(13)3-6(14)12-4;/h1-3H,(H2,11,12,13,14);/q-1;+1/b2-1+;. The van der Waals surface area contributed by atoms with Crippen LogP contribution in [0.3, 0.4) is 0 Å². The van der Waals surface area contributed by atoms with Crippen LogP contribution in [0.1, 0.15) is 5.82 Å². The molecule has 0 spiro atoms. The number of rotatable bonds is 2. The monoisotopic (exact) mass is 244 g/mol. The molecule has 15 heavy (non-hydrogen) atoms. The summed E-state index contributed by atoms with van der Waals surface area (Å²) in [6.45, 7) is -5.07. The van der Waals surface area contributed by atoms with E-state index in [1.165, 1.54) is 0 Å². The van der Waals surface area contributed by atoms with E-state index < -0.39 is 18.4 Å². The fraction of sp³-hybridized carbons (Fsp3) is 0. The second kappa shape index (κ2) is 5.85. The van der Waals surface area contributed by atoms with E-state index in [-0.39, 0.29) is 63.2 Å². The van der Waals surface area contributed by atoms with Crippen molar-refractivity contribution >= 4 is 13.1 Å². The molecule has 1 heterocycles. The first-order valence-corrected chi connectivity index (χ1v) is 3.56. The third kappa shape index (κ3) is 6.15. The predicted molar refractivity (Wildman–Crippen MR) is 44.6 cm³/mol. The fourth-order valence-electron chi connectivity index (χ4n) is 0.742. The Balaban J connectivity index is 0.00000196. The molecule has 0 aliphatic heterocycles. The van der Waals surface area contributed by atoms with Crippen molar-refractivity contribution in [3.63, 3.8) is 0 Å². The van der Waals surface area contributed by atoms with Crippen molar-refractivity contribution in [2.24, 2.45) is 0 Å². The Hall–Kier alpha value is -0.0887. The summed E-state index contributed by atoms with van der Waals surface area (Å²) < 4.78 is 35.2. The van der Waals surface area contributed by atoms with E-state index in [2.05, 4.69) is 4.98 Å². The number of nitrogens with one attached hydrogen (secondary N) is 1. The van der Waals surface area contributed by atoms with Gasteiger partial charge in [-0.05, 0) is 0 Å². The number of aromatic hydroxyl groups is 1. The van der Waals surface area contributed by atoms with Gasteiger partial charge in [-0.15, -0.1) is 5.98 Å². The van der Waals surface area contributed by atoms with E-state index in [1.54, 1.807) is 0 Å². The van der Waals surface area contributed by atoms with Gasteiger partial charge < -0.3 is 23.0 Å². The maximum Gasteiger partial charge on any atom is 1.00 e. The van der Waals surface area contributed by atoms with Crippen molar-refractivity contribution in [1.29, 1.82) is 0 Å². The van der Waals surface area contributed by atoms with E-state index in [4.69, 9.17) is 5.11 Å². The van der Waals surface area contributed by atoms with E-state index in [9.17, 15) is 17.7 Å². The normalized spacial score (nSPS) is 11.4. The van der Waals surface area contributed by atoms with Crippen LogP contribution in [0.4, 0.5) is 12.9 Å². The van der Waals surface area contributed by atoms with Crippen LogP contribution in [-0.4, -0.2) is 22.1 Å². The molecule has 9 heteroatoms. The molecule has 0 radical (unpaired) electrons. The molecule has 2 N–H and O–H groups in total. The zero-order valence-corrected chi connectivity index (χ0v) is 10.9. The van der Waals surface area contributed by atoms with E-state index in [0.29, 0.717) is 6.08 Å². The third-order valence-corrected chi connectivity index (χ3v) is 1.22. The Morgan fingerprint density at radius 1 is 1.47 bits per heavy atom. The molecule has 0 aliphatic carbocycles. The van der Waals surface area contributed by atoms with Crippen LogP contribution in [0.5, 0.6) is 5.88 Å². The van der Waals surface area contributed by atoms with Crippen molar-refractivity contribution in [3.8, 4) is 5.88 Å². The molecule has 0 saturated carbocycles. The van der Waals surface area contributed by atoms with Gasteiger partial charge in [-0.25, -0.2) is 0 Å². The summed E-state index contributed by atoms with van der Waals surface area (Å²) in [6, 6.07) is 0.760. The van der Waals surface area contributed by atoms with Gasteiger partial charge in [0, 0.05) is 0 Å². The van der Waals surface area contributed by atoms with Crippen molar-refractivity contribution in [1.82, 2.24) is 9.97 Å². The zero-order chi connectivity index (χ0) is 10.8. The van der Waals surface area contributed by atoms with Crippen LogP contribution in [0, 0.1) is 0 Å². The van der Waals surface area contributed by atoms with E-state index in [0.717, 1.165) is 6.07 Å². The van der Waals surface area contributed by atoms with Crippen molar-refractivity contribution in [2.75, 3.05) is 0 Å². The number of nitrogens with zero attached hydrogens (tertiary/aromatic N) is 1. The average Bonchev–Trinajstić information content (AvgIpc) is 1.97. The average molecular weight is 244 g/mol. The Bertz CT molecular complexity index is 418. The van der Waals surface area contributed by atoms with Crippen LogP contribution in [-0.2, 0) is 0 Å². The van der Waals surface area contributed by atoms with Crippen molar-refractivity contribution in [3.05, 3.63) is 28.2 Å². The SMILES string of the molecule is O=c1cc(O)nc(/C=C/[B-](F)(F)F)[nH]1.[K+]. The number of halogens is 3. The second-order valence-electron chi connectivity index (χ2n) is 2.47. The largest absolute Gasteiger partial charge is 1.00 e. The quantitative estimate of drug-likeness (QED) is 0.584. The first kappa shape index (κ1) is 14.9. The predicted octanol–water partition coefficient (Wildman–Crippen LogP) is -2.12. The summed E-state index contributed by atoms with van der Waals surface area (Å²) in [4.78, 5) is 15.9. The maximum absolute atomic E-state index is 11.7. The molecule has 0 atom stereocenters. The molecule has 1 rings (SSSR count). The number of H-pyrrole nitrogens is 1. The number of aromatic amines is 1. The van der Waals surface area contributed by atoms with Crippen LogP contribution in [0.25, 0.3) is 6.08 Å². The molecular weight excluding hydrogens is 239 g/mol. The summed E-state index contributed by atoms with van der Waals surface area (Å²) in [5.74, 6) is -0.991. The van der Waals surface area contributed by atoms with Crippen LogP contribution < -0.4 is 56.9 Å². The summed E-state index contributed by atoms with van der Waals surface area (Å²) in [5.41, 5.74) is -0.716. The number of aromatic nitrogens is 2. The maximum atomic E-state index is 11.7. The van der Waals surface area contributed by atoms with Gasteiger partial charge in [-0.1, -0.05) is 6.08 Å². The topological polar surface area (TPSA) is 66.0 Å². The number of hydrogen-bond donors (Lipinski definition) is 2. The second-order valence-corrected chi connectivity index (χ2v) is 2.47. The number of hydrogen-bond acceptors (Lipinski definition) is 3. The zero-order valence-electron chi connectivity index (χ0n) is 7.75. The van der Waals surface area contributed by atoms with Crippen molar-refractivity contribution in [2.45, 2.75) is 0 Å². The third-order valence-electron chi connectivity index (χ3n) is 1.22. The van der Waals surface area contributed by atoms with Crippen LogP contribution in [0.2, 0.25) is 0 Å². The Morgan fingerprint density at radius 3 is 2.53 bits per heavy atom. The van der Waals surface area contributed by atoms with Gasteiger partial charge in [0.2, 0.25) is 5.88 Å².